The predicted molar refractivity (Wildman–Crippen MR) is 104 cm³/mol. The monoisotopic (exact) mass is 340 g/mol. The molecule has 134 valence electrons. The summed E-state index contributed by atoms with van der Waals surface area (Å²) in [5.41, 5.74) is 2.16. The van der Waals surface area contributed by atoms with Gasteiger partial charge >= 0.3 is 0 Å². The molecule has 0 atom stereocenters. The molecule has 25 heavy (non-hydrogen) atoms. The SMILES string of the molecule is CCCCCCCC[n+]1ccc(C=Cc2ccc(O)c(OC)c2)cc1. The Morgan fingerprint density at radius 3 is 2.32 bits per heavy atom. The van der Waals surface area contributed by atoms with Crippen molar-refractivity contribution in [2.45, 2.75) is 52.0 Å². The van der Waals surface area contributed by atoms with Crippen molar-refractivity contribution >= 4 is 12.2 Å². The second kappa shape index (κ2) is 10.5. The van der Waals surface area contributed by atoms with Crippen LogP contribution in [0.1, 0.15) is 56.6 Å². The molecule has 0 aliphatic carbocycles. The first-order valence-corrected chi connectivity index (χ1v) is 9.27. The molecule has 1 aromatic carbocycles. The molecular formula is C22H30NO2+. The number of hydrogen-bond acceptors (Lipinski definition) is 2. The molecule has 1 N–H and O–H groups in total. The number of phenols is 1. The van der Waals surface area contributed by atoms with Gasteiger partial charge < -0.3 is 9.84 Å². The van der Waals surface area contributed by atoms with E-state index >= 15 is 0 Å². The van der Waals surface area contributed by atoms with Crippen LogP contribution in [0.2, 0.25) is 0 Å². The minimum Gasteiger partial charge on any atom is -0.504 e. The van der Waals surface area contributed by atoms with Crippen molar-refractivity contribution in [1.82, 2.24) is 0 Å². The maximum absolute atomic E-state index is 9.63. The fourth-order valence-electron chi connectivity index (χ4n) is 2.79. The van der Waals surface area contributed by atoms with Crippen LogP contribution in [0.5, 0.6) is 11.5 Å². The van der Waals surface area contributed by atoms with E-state index < -0.39 is 0 Å². The van der Waals surface area contributed by atoms with E-state index in [0.29, 0.717) is 5.75 Å². The number of aryl methyl sites for hydroxylation is 1. The van der Waals surface area contributed by atoms with Gasteiger partial charge in [-0.25, -0.2) is 4.57 Å². The summed E-state index contributed by atoms with van der Waals surface area (Å²) in [5.74, 6) is 0.655. The number of pyridine rings is 1. The summed E-state index contributed by atoms with van der Waals surface area (Å²) in [6.07, 6.45) is 16.3. The van der Waals surface area contributed by atoms with Gasteiger partial charge in [0, 0.05) is 18.6 Å². The molecule has 0 aliphatic rings. The zero-order valence-electron chi connectivity index (χ0n) is 15.4. The third kappa shape index (κ3) is 6.61. The van der Waals surface area contributed by atoms with Crippen molar-refractivity contribution in [2.24, 2.45) is 0 Å². The molecule has 0 aliphatic heterocycles. The molecule has 0 spiro atoms. The molecule has 1 heterocycles. The first kappa shape index (κ1) is 19.0. The number of nitrogens with zero attached hydrogens (tertiary/aromatic N) is 1. The highest BCUT2D eigenvalue weighted by Crippen LogP contribution is 2.27. The third-order valence-corrected chi connectivity index (χ3v) is 4.36. The van der Waals surface area contributed by atoms with Gasteiger partial charge in [0.2, 0.25) is 0 Å². The van der Waals surface area contributed by atoms with Crippen LogP contribution in [-0.4, -0.2) is 12.2 Å². The maximum Gasteiger partial charge on any atom is 0.169 e. The minimum atomic E-state index is 0.162. The van der Waals surface area contributed by atoms with E-state index in [1.807, 2.05) is 18.2 Å². The van der Waals surface area contributed by atoms with E-state index in [9.17, 15) is 5.11 Å². The van der Waals surface area contributed by atoms with Crippen molar-refractivity contribution in [3.8, 4) is 11.5 Å². The Morgan fingerprint density at radius 1 is 0.920 bits per heavy atom. The van der Waals surface area contributed by atoms with Crippen molar-refractivity contribution in [1.29, 1.82) is 0 Å². The number of rotatable bonds is 10. The van der Waals surface area contributed by atoms with Crippen molar-refractivity contribution < 1.29 is 14.4 Å². The molecule has 1 aromatic heterocycles. The van der Waals surface area contributed by atoms with Crippen LogP contribution in [0.4, 0.5) is 0 Å². The first-order chi connectivity index (χ1) is 12.2. The zero-order chi connectivity index (χ0) is 17.9. The molecule has 0 saturated heterocycles. The van der Waals surface area contributed by atoms with E-state index in [-0.39, 0.29) is 5.75 Å². The molecule has 0 saturated carbocycles. The summed E-state index contributed by atoms with van der Waals surface area (Å²) >= 11 is 0. The Labute approximate surface area is 151 Å². The van der Waals surface area contributed by atoms with Gasteiger partial charge in [-0.15, -0.1) is 0 Å². The number of ether oxygens (including phenoxy) is 1. The lowest BCUT2D eigenvalue weighted by atomic mass is 10.1. The van der Waals surface area contributed by atoms with Crippen LogP contribution in [0.25, 0.3) is 12.2 Å². The Morgan fingerprint density at radius 2 is 1.60 bits per heavy atom. The van der Waals surface area contributed by atoms with E-state index in [1.165, 1.54) is 38.5 Å². The highest BCUT2D eigenvalue weighted by molar-refractivity contribution is 5.70. The van der Waals surface area contributed by atoms with Crippen LogP contribution >= 0.6 is 0 Å². The van der Waals surface area contributed by atoms with Crippen molar-refractivity contribution in [3.05, 3.63) is 53.9 Å². The number of hydrogen-bond donors (Lipinski definition) is 1. The molecule has 0 fully saturated rings. The Kier molecular flexibility index (Phi) is 8.03. The van der Waals surface area contributed by atoms with Crippen LogP contribution in [0.15, 0.2) is 42.7 Å². The summed E-state index contributed by atoms with van der Waals surface area (Å²) in [6, 6.07) is 9.61. The van der Waals surface area contributed by atoms with Crippen molar-refractivity contribution in [3.63, 3.8) is 0 Å². The lowest BCUT2D eigenvalue weighted by molar-refractivity contribution is -0.697. The third-order valence-electron chi connectivity index (χ3n) is 4.36. The Balaban J connectivity index is 1.83. The number of benzene rings is 1. The van der Waals surface area contributed by atoms with Crippen LogP contribution in [-0.2, 0) is 6.54 Å². The molecule has 3 nitrogen and oxygen atoms in total. The maximum atomic E-state index is 9.63. The molecule has 0 amide bonds. The minimum absolute atomic E-state index is 0.162. The zero-order valence-corrected chi connectivity index (χ0v) is 15.4. The topological polar surface area (TPSA) is 33.3 Å². The molecule has 3 heteroatoms. The predicted octanol–water partition coefficient (Wildman–Crippen LogP) is 5.22. The van der Waals surface area contributed by atoms with Gasteiger partial charge in [-0.2, -0.15) is 0 Å². The van der Waals surface area contributed by atoms with Crippen LogP contribution < -0.4 is 9.30 Å². The number of aromatic hydroxyl groups is 1. The number of methoxy groups -OCH3 is 1. The van der Waals surface area contributed by atoms with Crippen LogP contribution in [0, 0.1) is 0 Å². The van der Waals surface area contributed by atoms with Crippen LogP contribution in [0.3, 0.4) is 0 Å². The highest BCUT2D eigenvalue weighted by Gasteiger charge is 2.02. The van der Waals surface area contributed by atoms with E-state index in [2.05, 4.69) is 42.1 Å². The second-order valence-electron chi connectivity index (χ2n) is 6.40. The van der Waals surface area contributed by atoms with Crippen molar-refractivity contribution in [2.75, 3.05) is 7.11 Å². The largest absolute Gasteiger partial charge is 0.504 e. The standard InChI is InChI=1S/C22H29NO2/c1-3-4-5-6-7-8-15-23-16-13-19(14-17-23)9-10-20-11-12-21(24)22(18-20)25-2/h9-14,16-18H,3-8,15H2,1-2H3/p+1. The smallest absolute Gasteiger partial charge is 0.169 e. The van der Waals surface area contributed by atoms with E-state index in [1.54, 1.807) is 13.2 Å². The Bertz CT molecular complexity index is 662. The first-order valence-electron chi connectivity index (χ1n) is 9.27. The van der Waals surface area contributed by atoms with Gasteiger partial charge in [-0.05, 0) is 29.7 Å². The summed E-state index contributed by atoms with van der Waals surface area (Å²) in [5, 5.41) is 9.63. The molecule has 2 rings (SSSR count). The molecule has 0 bridgehead atoms. The second-order valence-corrected chi connectivity index (χ2v) is 6.40. The summed E-state index contributed by atoms with van der Waals surface area (Å²) in [7, 11) is 1.56. The van der Waals surface area contributed by atoms with E-state index in [4.69, 9.17) is 4.74 Å². The van der Waals surface area contributed by atoms with Gasteiger partial charge in [0.05, 0.1) is 7.11 Å². The molecule has 2 aromatic rings. The van der Waals surface area contributed by atoms with Gasteiger partial charge in [0.1, 0.15) is 6.54 Å². The van der Waals surface area contributed by atoms with Gasteiger partial charge in [-0.3, -0.25) is 0 Å². The molecule has 0 radical (unpaired) electrons. The fraction of sp³-hybridized carbons (Fsp3) is 0.409. The number of aromatic nitrogens is 1. The number of unbranched alkanes of at least 4 members (excludes halogenated alkanes) is 5. The normalized spacial score (nSPS) is 11.1. The Hall–Kier alpha value is -2.29. The van der Waals surface area contributed by atoms with Gasteiger partial charge in [-0.1, -0.05) is 50.8 Å². The highest BCUT2D eigenvalue weighted by atomic mass is 16.5. The summed E-state index contributed by atoms with van der Waals surface area (Å²) < 4.78 is 7.39. The lowest BCUT2D eigenvalue weighted by Gasteiger charge is -2.03. The fourth-order valence-corrected chi connectivity index (χ4v) is 2.79. The summed E-state index contributed by atoms with van der Waals surface area (Å²) in [4.78, 5) is 0. The average Bonchev–Trinajstić information content (AvgIpc) is 2.65. The van der Waals surface area contributed by atoms with Gasteiger partial charge in [0.25, 0.3) is 0 Å². The lowest BCUT2D eigenvalue weighted by Crippen LogP contribution is -2.32. The molecule has 0 unspecified atom stereocenters. The average molecular weight is 340 g/mol. The van der Waals surface area contributed by atoms with E-state index in [0.717, 1.165) is 17.7 Å². The summed E-state index contributed by atoms with van der Waals surface area (Å²) in [6.45, 7) is 3.34. The quantitative estimate of drug-likeness (QED) is 0.475. The van der Waals surface area contributed by atoms with Gasteiger partial charge in [0.15, 0.2) is 23.9 Å². The molecular weight excluding hydrogens is 310 g/mol. The number of phenolic OH excluding ortho intramolecular Hbond substituents is 1.